The van der Waals surface area contributed by atoms with E-state index >= 15 is 4.39 Å². The lowest BCUT2D eigenvalue weighted by Gasteiger charge is -2.24. The first-order valence-electron chi connectivity index (χ1n) is 9.31. The zero-order chi connectivity index (χ0) is 20.6. The Kier molecular flexibility index (Phi) is 5.61. The topological polar surface area (TPSA) is 90.9 Å². The lowest BCUT2D eigenvalue weighted by molar-refractivity contribution is 0.0508. The van der Waals surface area contributed by atoms with E-state index in [1.807, 2.05) is 0 Å². The summed E-state index contributed by atoms with van der Waals surface area (Å²) < 4.78 is 20.5. The zero-order valence-corrected chi connectivity index (χ0v) is 16.9. The van der Waals surface area contributed by atoms with Gasteiger partial charge in [-0.1, -0.05) is 11.6 Å². The van der Waals surface area contributed by atoms with Crippen LogP contribution in [0.25, 0.3) is 0 Å². The van der Waals surface area contributed by atoms with Crippen molar-refractivity contribution in [2.75, 3.05) is 23.3 Å². The highest BCUT2D eigenvalue weighted by molar-refractivity contribution is 6.34. The van der Waals surface area contributed by atoms with Gasteiger partial charge in [-0.05, 0) is 46.1 Å². The molecule has 1 saturated carbocycles. The van der Waals surface area contributed by atoms with Crippen molar-refractivity contribution in [3.05, 3.63) is 22.5 Å². The van der Waals surface area contributed by atoms with Crippen molar-refractivity contribution in [2.45, 2.75) is 57.7 Å². The third-order valence-electron chi connectivity index (χ3n) is 4.58. The Hall–Kier alpha value is -2.22. The fourth-order valence-corrected chi connectivity index (χ4v) is 3.51. The van der Waals surface area contributed by atoms with E-state index in [0.717, 1.165) is 12.8 Å². The number of hydrogen-bond donors (Lipinski definition) is 3. The van der Waals surface area contributed by atoms with E-state index in [1.54, 1.807) is 25.7 Å². The van der Waals surface area contributed by atoms with Crippen molar-refractivity contribution in [1.82, 2.24) is 5.32 Å². The third-order valence-corrected chi connectivity index (χ3v) is 4.86. The third kappa shape index (κ3) is 4.79. The Balaban J connectivity index is 1.78. The lowest BCUT2D eigenvalue weighted by Crippen LogP contribution is -2.40. The summed E-state index contributed by atoms with van der Waals surface area (Å²) in [6.45, 7) is 6.17. The van der Waals surface area contributed by atoms with Gasteiger partial charge in [0.15, 0.2) is 5.82 Å². The number of rotatable bonds is 5. The number of carbonyl (C=O) groups excluding carboxylic acids is 1. The number of carboxylic acids is 1. The van der Waals surface area contributed by atoms with Crippen LogP contribution in [0.3, 0.4) is 0 Å². The molecule has 1 atom stereocenters. The summed E-state index contributed by atoms with van der Waals surface area (Å²) in [6.07, 6.45) is 1.83. The van der Waals surface area contributed by atoms with Gasteiger partial charge in [-0.15, -0.1) is 0 Å². The van der Waals surface area contributed by atoms with Gasteiger partial charge in [0.2, 0.25) is 0 Å². The Morgan fingerprint density at radius 2 is 1.96 bits per heavy atom. The highest BCUT2D eigenvalue weighted by Gasteiger charge is 2.33. The second-order valence-electron chi connectivity index (χ2n) is 8.25. The predicted octanol–water partition coefficient (Wildman–Crippen LogP) is 3.86. The van der Waals surface area contributed by atoms with Crippen molar-refractivity contribution in [2.24, 2.45) is 0 Å². The molecule has 2 fully saturated rings. The summed E-state index contributed by atoms with van der Waals surface area (Å²) in [5, 5.41) is 15.2. The minimum Gasteiger partial charge on any atom is -0.478 e. The molecule has 28 heavy (non-hydrogen) atoms. The van der Waals surface area contributed by atoms with Gasteiger partial charge in [-0.25, -0.2) is 14.0 Å². The van der Waals surface area contributed by atoms with Crippen LogP contribution in [0.5, 0.6) is 0 Å². The van der Waals surface area contributed by atoms with Crippen LogP contribution >= 0.6 is 11.6 Å². The molecule has 7 nitrogen and oxygen atoms in total. The quantitative estimate of drug-likeness (QED) is 0.679. The van der Waals surface area contributed by atoms with E-state index < -0.39 is 23.5 Å². The molecule has 0 spiro atoms. The van der Waals surface area contributed by atoms with Crippen LogP contribution in [0.4, 0.5) is 20.6 Å². The van der Waals surface area contributed by atoms with E-state index in [1.165, 1.54) is 6.07 Å². The Morgan fingerprint density at radius 1 is 1.29 bits per heavy atom. The highest BCUT2D eigenvalue weighted by atomic mass is 35.5. The number of nitrogens with zero attached hydrogens (tertiary/aromatic N) is 1. The molecule has 1 aliphatic carbocycles. The second kappa shape index (κ2) is 7.66. The van der Waals surface area contributed by atoms with Gasteiger partial charge in [0.25, 0.3) is 0 Å². The van der Waals surface area contributed by atoms with Crippen LogP contribution in [-0.2, 0) is 4.74 Å². The molecular formula is C19H25ClFN3O4. The molecule has 9 heteroatoms. The SMILES string of the molecule is CC(C)(C)OC(=O)NC1CCN(c2c(Cl)cc(C(=O)O)c(NC3CC3)c2F)C1. The van der Waals surface area contributed by atoms with E-state index in [0.29, 0.717) is 19.5 Å². The molecular weight excluding hydrogens is 389 g/mol. The van der Waals surface area contributed by atoms with E-state index in [-0.39, 0.29) is 34.0 Å². The van der Waals surface area contributed by atoms with Crippen molar-refractivity contribution in [3.63, 3.8) is 0 Å². The van der Waals surface area contributed by atoms with Crippen LogP contribution in [0.1, 0.15) is 50.4 Å². The molecule has 1 aromatic rings. The zero-order valence-electron chi connectivity index (χ0n) is 16.1. The minimum atomic E-state index is -1.23. The number of anilines is 2. The fourth-order valence-electron chi connectivity index (χ4n) is 3.20. The average Bonchev–Trinajstić information content (AvgIpc) is 3.26. The molecule has 1 aromatic carbocycles. The molecule has 1 amide bonds. The van der Waals surface area contributed by atoms with Gasteiger partial charge in [0.1, 0.15) is 5.60 Å². The predicted molar refractivity (Wildman–Crippen MR) is 105 cm³/mol. The monoisotopic (exact) mass is 413 g/mol. The van der Waals surface area contributed by atoms with Gasteiger partial charge in [-0.2, -0.15) is 0 Å². The van der Waals surface area contributed by atoms with Crippen LogP contribution in [0.2, 0.25) is 5.02 Å². The van der Waals surface area contributed by atoms with E-state index in [4.69, 9.17) is 16.3 Å². The first-order chi connectivity index (χ1) is 13.0. The highest BCUT2D eigenvalue weighted by Crippen LogP contribution is 2.39. The van der Waals surface area contributed by atoms with Crippen LogP contribution < -0.4 is 15.5 Å². The summed E-state index contributed by atoms with van der Waals surface area (Å²) in [7, 11) is 0. The second-order valence-corrected chi connectivity index (χ2v) is 8.65. The normalized spacial score (nSPS) is 19.5. The molecule has 0 bridgehead atoms. The van der Waals surface area contributed by atoms with Crippen molar-refractivity contribution in [3.8, 4) is 0 Å². The summed E-state index contributed by atoms with van der Waals surface area (Å²) in [5.41, 5.74) is -0.657. The first kappa shape index (κ1) is 20.5. The largest absolute Gasteiger partial charge is 0.478 e. The summed E-state index contributed by atoms with van der Waals surface area (Å²) in [6, 6.07) is 1.15. The fraction of sp³-hybridized carbons (Fsp3) is 0.579. The van der Waals surface area contributed by atoms with Crippen molar-refractivity contribution in [1.29, 1.82) is 0 Å². The standard InChI is InChI=1S/C19H25ClFN3O4/c1-19(2,3)28-18(27)23-11-6-7-24(9-11)16-13(20)8-12(17(25)26)15(14(16)21)22-10-4-5-10/h8,10-11,22H,4-7,9H2,1-3H3,(H,23,27)(H,25,26). The number of benzene rings is 1. The molecule has 1 saturated heterocycles. The number of alkyl carbamates (subject to hydrolysis) is 1. The van der Waals surface area contributed by atoms with Crippen molar-refractivity contribution < 1.29 is 23.8 Å². The van der Waals surface area contributed by atoms with Gasteiger partial charge in [-0.3, -0.25) is 0 Å². The van der Waals surface area contributed by atoms with Crippen LogP contribution in [0.15, 0.2) is 6.07 Å². The van der Waals surface area contributed by atoms with E-state index in [2.05, 4.69) is 10.6 Å². The molecule has 2 aliphatic rings. The maximum Gasteiger partial charge on any atom is 0.407 e. The molecule has 154 valence electrons. The van der Waals surface area contributed by atoms with Gasteiger partial charge in [0, 0.05) is 19.1 Å². The number of carboxylic acid groups (broad SMARTS) is 1. The number of hydrogen-bond acceptors (Lipinski definition) is 5. The molecule has 1 unspecified atom stereocenters. The number of amides is 1. The number of aromatic carboxylic acids is 1. The van der Waals surface area contributed by atoms with E-state index in [9.17, 15) is 14.7 Å². The molecule has 3 N–H and O–H groups in total. The summed E-state index contributed by atoms with van der Waals surface area (Å²) >= 11 is 6.24. The van der Waals surface area contributed by atoms with Crippen LogP contribution in [0, 0.1) is 5.82 Å². The summed E-state index contributed by atoms with van der Waals surface area (Å²) in [5.74, 6) is -1.91. The van der Waals surface area contributed by atoms with Gasteiger partial charge < -0.3 is 25.4 Å². The number of nitrogens with one attached hydrogen (secondary N) is 2. The molecule has 1 aliphatic heterocycles. The Labute approximate surface area is 168 Å². The van der Waals surface area contributed by atoms with Gasteiger partial charge in [0.05, 0.1) is 28.0 Å². The molecule has 3 rings (SSSR count). The number of carbonyl (C=O) groups is 2. The van der Waals surface area contributed by atoms with Crippen molar-refractivity contribution >= 4 is 35.0 Å². The molecule has 0 aromatic heterocycles. The average molecular weight is 414 g/mol. The smallest absolute Gasteiger partial charge is 0.407 e. The summed E-state index contributed by atoms with van der Waals surface area (Å²) in [4.78, 5) is 25.2. The number of ether oxygens (including phenoxy) is 1. The number of halogens is 2. The maximum atomic E-state index is 15.2. The Morgan fingerprint density at radius 3 is 2.54 bits per heavy atom. The lowest BCUT2D eigenvalue weighted by atomic mass is 10.1. The minimum absolute atomic E-state index is 0.0297. The molecule has 1 heterocycles. The Bertz CT molecular complexity index is 792. The van der Waals surface area contributed by atoms with Crippen LogP contribution in [-0.4, -0.2) is 47.9 Å². The first-order valence-corrected chi connectivity index (χ1v) is 9.69. The van der Waals surface area contributed by atoms with Gasteiger partial charge >= 0.3 is 12.1 Å². The maximum absolute atomic E-state index is 15.2. The molecule has 0 radical (unpaired) electrons.